The fraction of sp³-hybridized carbons (Fsp3) is 0.905. The highest BCUT2D eigenvalue weighted by atomic mass is 16.7. The summed E-state index contributed by atoms with van der Waals surface area (Å²) in [6.07, 6.45) is -5.50. The van der Waals surface area contributed by atoms with Crippen LogP contribution >= 0.6 is 0 Å². The third kappa shape index (κ3) is 5.34. The normalized spacial score (nSPS) is 43.3. The van der Waals surface area contributed by atoms with E-state index in [1.807, 2.05) is 19.9 Å². The number of hydrogen-bond donors (Lipinski definition) is 7. The Kier molecular flexibility index (Phi) is 8.33. The van der Waals surface area contributed by atoms with Gasteiger partial charge >= 0.3 is 0 Å². The van der Waals surface area contributed by atoms with E-state index in [2.05, 4.69) is 0 Å². The van der Waals surface area contributed by atoms with Crippen LogP contribution in [0.1, 0.15) is 33.1 Å². The molecule has 2 saturated heterocycles. The average Bonchev–Trinajstić information content (AvgIpc) is 3.07. The predicted molar refractivity (Wildman–Crippen MR) is 108 cm³/mol. The van der Waals surface area contributed by atoms with Crippen LogP contribution in [0, 0.1) is 5.92 Å². The van der Waals surface area contributed by atoms with E-state index in [9.17, 15) is 35.7 Å². The van der Waals surface area contributed by atoms with Crippen LogP contribution in [0.3, 0.4) is 0 Å². The summed E-state index contributed by atoms with van der Waals surface area (Å²) < 4.78 is 22.3. The molecule has 11 heteroatoms. The van der Waals surface area contributed by atoms with Gasteiger partial charge in [0.05, 0.1) is 32.0 Å². The van der Waals surface area contributed by atoms with E-state index in [0.717, 1.165) is 18.4 Å². The second-order valence-corrected chi connectivity index (χ2v) is 9.45. The molecular weight excluding hydrogens is 428 g/mol. The van der Waals surface area contributed by atoms with Gasteiger partial charge in [-0.3, -0.25) is 0 Å². The third-order valence-electron chi connectivity index (χ3n) is 6.78. The third-order valence-corrected chi connectivity index (χ3v) is 6.78. The van der Waals surface area contributed by atoms with Crippen LogP contribution in [-0.4, -0.2) is 116 Å². The molecule has 0 radical (unpaired) electrons. The molecule has 2 aliphatic heterocycles. The zero-order valence-electron chi connectivity index (χ0n) is 18.4. The Morgan fingerprint density at radius 2 is 1.81 bits per heavy atom. The number of allylic oxidation sites excluding steroid dienone is 1. The highest BCUT2D eigenvalue weighted by molar-refractivity contribution is 5.08. The smallest absolute Gasteiger partial charge is 0.187 e. The number of rotatable bonds is 8. The molecule has 3 rings (SSSR count). The van der Waals surface area contributed by atoms with Crippen LogP contribution in [0.5, 0.6) is 0 Å². The van der Waals surface area contributed by atoms with Crippen molar-refractivity contribution in [3.8, 4) is 0 Å². The maximum atomic E-state index is 10.4. The molecule has 186 valence electrons. The van der Waals surface area contributed by atoms with Crippen molar-refractivity contribution in [2.24, 2.45) is 5.92 Å². The van der Waals surface area contributed by atoms with Crippen molar-refractivity contribution in [3.63, 3.8) is 0 Å². The lowest BCUT2D eigenvalue weighted by atomic mass is 9.79. The zero-order valence-corrected chi connectivity index (χ0v) is 18.4. The van der Waals surface area contributed by atoms with E-state index >= 15 is 0 Å². The lowest BCUT2D eigenvalue weighted by Crippen LogP contribution is -2.61. The molecule has 0 aromatic rings. The van der Waals surface area contributed by atoms with Gasteiger partial charge in [-0.25, -0.2) is 0 Å². The molecular formula is C21H36O11. The SMILES string of the molecule is CC(C)(O[C@@H]1O[C@H](CO[C@@H]2OC[C@](O)(CO)[C@H]2O)[C@@H](O)[C@H](O)[C@H]1O)[C@@H]1CC=C(CO)CC1. The summed E-state index contributed by atoms with van der Waals surface area (Å²) in [7, 11) is 0. The van der Waals surface area contributed by atoms with Gasteiger partial charge in [0.2, 0.25) is 0 Å². The van der Waals surface area contributed by atoms with Crippen LogP contribution in [0.25, 0.3) is 0 Å². The van der Waals surface area contributed by atoms with Crippen molar-refractivity contribution in [1.29, 1.82) is 0 Å². The minimum Gasteiger partial charge on any atom is -0.393 e. The van der Waals surface area contributed by atoms with Crippen molar-refractivity contribution < 1.29 is 54.7 Å². The monoisotopic (exact) mass is 464 g/mol. The first-order chi connectivity index (χ1) is 15.0. The van der Waals surface area contributed by atoms with Gasteiger partial charge < -0.3 is 54.7 Å². The van der Waals surface area contributed by atoms with Gasteiger partial charge in [-0.2, -0.15) is 0 Å². The maximum Gasteiger partial charge on any atom is 0.187 e. The van der Waals surface area contributed by atoms with E-state index in [0.29, 0.717) is 6.42 Å². The van der Waals surface area contributed by atoms with E-state index in [1.165, 1.54) is 0 Å². The Labute approximate surface area is 186 Å². The molecule has 0 unspecified atom stereocenters. The largest absolute Gasteiger partial charge is 0.393 e. The summed E-state index contributed by atoms with van der Waals surface area (Å²) in [6, 6.07) is 0. The van der Waals surface area contributed by atoms with Gasteiger partial charge in [0, 0.05) is 0 Å². The number of hydrogen-bond acceptors (Lipinski definition) is 11. The molecule has 32 heavy (non-hydrogen) atoms. The molecule has 3 aliphatic rings. The highest BCUT2D eigenvalue weighted by Gasteiger charge is 2.50. The Hall–Kier alpha value is -0.700. The Balaban J connectivity index is 1.61. The first-order valence-corrected chi connectivity index (χ1v) is 10.9. The van der Waals surface area contributed by atoms with Crippen LogP contribution < -0.4 is 0 Å². The lowest BCUT2D eigenvalue weighted by Gasteiger charge is -2.45. The highest BCUT2D eigenvalue weighted by Crippen LogP contribution is 2.37. The van der Waals surface area contributed by atoms with Crippen molar-refractivity contribution >= 4 is 0 Å². The average molecular weight is 465 g/mol. The summed E-state index contributed by atoms with van der Waals surface area (Å²) in [4.78, 5) is 0. The summed E-state index contributed by atoms with van der Waals surface area (Å²) in [5, 5.41) is 69.7. The standard InChI is InChI=1S/C21H36O11/c1-20(2,12-5-3-11(7-22)4-6-12)32-18-16(26)15(25)14(24)13(31-18)8-29-19-17(27)21(28,9-23)10-30-19/h3,12-19,22-28H,4-10H2,1-2H3/t12-,13-,14-,15+,16-,17+,18+,19-,21-/m1/s1. The molecule has 0 amide bonds. The van der Waals surface area contributed by atoms with Crippen LogP contribution in [0.2, 0.25) is 0 Å². The van der Waals surface area contributed by atoms with Crippen molar-refractivity contribution in [3.05, 3.63) is 11.6 Å². The summed E-state index contributed by atoms with van der Waals surface area (Å²) in [5.74, 6) is 0.0884. The predicted octanol–water partition coefficient (Wildman–Crippen LogP) is -2.23. The van der Waals surface area contributed by atoms with Gasteiger partial charge in [0.25, 0.3) is 0 Å². The zero-order chi connectivity index (χ0) is 23.7. The van der Waals surface area contributed by atoms with E-state index in [-0.39, 0.29) is 25.7 Å². The Morgan fingerprint density at radius 3 is 2.38 bits per heavy atom. The molecule has 0 aromatic heterocycles. The molecule has 2 heterocycles. The molecule has 0 saturated carbocycles. The Morgan fingerprint density at radius 1 is 1.09 bits per heavy atom. The van der Waals surface area contributed by atoms with Crippen LogP contribution in [0.4, 0.5) is 0 Å². The second kappa shape index (κ2) is 10.3. The van der Waals surface area contributed by atoms with Gasteiger partial charge in [-0.1, -0.05) is 6.08 Å². The molecule has 7 N–H and O–H groups in total. The number of aliphatic hydroxyl groups is 7. The van der Waals surface area contributed by atoms with E-state index in [4.69, 9.17) is 18.9 Å². The molecule has 0 spiro atoms. The molecule has 0 aromatic carbocycles. The molecule has 11 nitrogen and oxygen atoms in total. The van der Waals surface area contributed by atoms with Crippen LogP contribution in [0.15, 0.2) is 11.6 Å². The van der Waals surface area contributed by atoms with Crippen molar-refractivity contribution in [1.82, 2.24) is 0 Å². The lowest BCUT2D eigenvalue weighted by molar-refractivity contribution is -0.334. The van der Waals surface area contributed by atoms with Crippen molar-refractivity contribution in [2.45, 2.75) is 87.4 Å². The van der Waals surface area contributed by atoms with Gasteiger partial charge in [0.15, 0.2) is 12.6 Å². The summed E-state index contributed by atoms with van der Waals surface area (Å²) >= 11 is 0. The fourth-order valence-electron chi connectivity index (χ4n) is 4.34. The van der Waals surface area contributed by atoms with Gasteiger partial charge in [0.1, 0.15) is 36.1 Å². The topological polar surface area (TPSA) is 179 Å². The van der Waals surface area contributed by atoms with Gasteiger partial charge in [-0.05, 0) is 44.6 Å². The summed E-state index contributed by atoms with van der Waals surface area (Å²) in [5.41, 5.74) is -1.61. The first kappa shape index (κ1) is 25.9. The maximum absolute atomic E-state index is 10.4. The van der Waals surface area contributed by atoms with Gasteiger partial charge in [-0.15, -0.1) is 0 Å². The quantitative estimate of drug-likeness (QED) is 0.193. The van der Waals surface area contributed by atoms with Crippen LogP contribution in [-0.2, 0) is 18.9 Å². The minimum absolute atomic E-state index is 0.0271. The van der Waals surface area contributed by atoms with E-state index < -0.39 is 60.9 Å². The number of ether oxygens (including phenoxy) is 4. The number of aliphatic hydroxyl groups excluding tert-OH is 6. The van der Waals surface area contributed by atoms with E-state index in [1.54, 1.807) is 0 Å². The summed E-state index contributed by atoms with van der Waals surface area (Å²) in [6.45, 7) is 2.35. The Bertz CT molecular complexity index is 656. The molecule has 0 bridgehead atoms. The fourth-order valence-corrected chi connectivity index (χ4v) is 4.34. The molecule has 2 fully saturated rings. The first-order valence-electron chi connectivity index (χ1n) is 10.9. The molecule has 1 aliphatic carbocycles. The molecule has 9 atom stereocenters. The second-order valence-electron chi connectivity index (χ2n) is 9.45. The minimum atomic E-state index is -1.85. The van der Waals surface area contributed by atoms with Crippen molar-refractivity contribution in [2.75, 3.05) is 26.4 Å².